The number of hydrogen-bond acceptors (Lipinski definition) is 6. The number of rotatable bonds is 5. The first-order valence-electron chi connectivity index (χ1n) is 6.86. The van der Waals surface area contributed by atoms with E-state index in [1.165, 1.54) is 12.4 Å². The second kappa shape index (κ2) is 6.52. The van der Waals surface area contributed by atoms with E-state index in [1.54, 1.807) is 0 Å². The molecule has 7 heteroatoms. The van der Waals surface area contributed by atoms with Crippen LogP contribution in [0.25, 0.3) is 0 Å². The number of para-hydroxylation sites is 1. The van der Waals surface area contributed by atoms with Crippen molar-refractivity contribution in [3.8, 4) is 0 Å². The molecule has 0 atom stereocenters. The van der Waals surface area contributed by atoms with E-state index in [1.807, 2.05) is 54.6 Å². The topological polar surface area (TPSA) is 93.0 Å². The number of nitrogens with zero attached hydrogens (tertiary/aromatic N) is 3. The van der Waals surface area contributed by atoms with Crippen LogP contribution in [-0.2, 0) is 0 Å². The molecule has 0 aliphatic carbocycles. The van der Waals surface area contributed by atoms with Gasteiger partial charge in [-0.3, -0.25) is 10.1 Å². The van der Waals surface area contributed by atoms with Gasteiger partial charge in [-0.25, -0.2) is 9.97 Å². The summed E-state index contributed by atoms with van der Waals surface area (Å²) in [6.07, 6.45) is 2.33. The summed E-state index contributed by atoms with van der Waals surface area (Å²) in [7, 11) is 0. The monoisotopic (exact) mass is 307 g/mol. The van der Waals surface area contributed by atoms with Crippen molar-refractivity contribution >= 4 is 28.7 Å². The molecule has 23 heavy (non-hydrogen) atoms. The smallest absolute Gasteiger partial charge is 0.305 e. The maximum atomic E-state index is 10.6. The number of nitrogens with one attached hydrogen (secondary N) is 2. The van der Waals surface area contributed by atoms with Crippen molar-refractivity contribution in [2.75, 3.05) is 10.6 Å². The van der Waals surface area contributed by atoms with E-state index in [2.05, 4.69) is 20.6 Å². The Morgan fingerprint density at radius 2 is 1.30 bits per heavy atom. The van der Waals surface area contributed by atoms with Gasteiger partial charge < -0.3 is 10.6 Å². The molecule has 1 aromatic heterocycles. The summed E-state index contributed by atoms with van der Waals surface area (Å²) in [5.74, 6) is 0.305. The van der Waals surface area contributed by atoms with E-state index in [-0.39, 0.29) is 5.69 Å². The molecule has 2 aromatic carbocycles. The zero-order chi connectivity index (χ0) is 16.1. The molecular formula is C16H13N5O2. The van der Waals surface area contributed by atoms with Gasteiger partial charge in [0.15, 0.2) is 0 Å². The second-order valence-corrected chi connectivity index (χ2v) is 4.72. The van der Waals surface area contributed by atoms with Crippen molar-refractivity contribution in [2.24, 2.45) is 0 Å². The van der Waals surface area contributed by atoms with Crippen LogP contribution in [0.2, 0.25) is 0 Å². The standard InChI is InChI=1S/C16H13N5O2/c22-21(23)15-10-17-16(18-11-15)20-14-8-6-13(7-9-14)19-12-4-2-1-3-5-12/h1-11,19H,(H,17,18,20). The van der Waals surface area contributed by atoms with E-state index >= 15 is 0 Å². The van der Waals surface area contributed by atoms with Gasteiger partial charge in [0.1, 0.15) is 12.4 Å². The molecule has 7 nitrogen and oxygen atoms in total. The lowest BCUT2D eigenvalue weighted by atomic mass is 10.2. The summed E-state index contributed by atoms with van der Waals surface area (Å²) < 4.78 is 0. The first kappa shape index (κ1) is 14.5. The molecule has 0 fully saturated rings. The van der Waals surface area contributed by atoms with Crippen LogP contribution in [0, 0.1) is 10.1 Å². The number of nitro groups is 1. The lowest BCUT2D eigenvalue weighted by Crippen LogP contribution is -1.98. The normalized spacial score (nSPS) is 10.1. The first-order valence-corrected chi connectivity index (χ1v) is 6.86. The minimum absolute atomic E-state index is 0.141. The quantitative estimate of drug-likeness (QED) is 0.549. The van der Waals surface area contributed by atoms with E-state index in [9.17, 15) is 10.1 Å². The highest BCUT2D eigenvalue weighted by molar-refractivity contribution is 5.64. The van der Waals surface area contributed by atoms with Crippen molar-refractivity contribution in [1.29, 1.82) is 0 Å². The Morgan fingerprint density at radius 3 is 1.87 bits per heavy atom. The van der Waals surface area contributed by atoms with Gasteiger partial charge in [0.05, 0.1) is 4.92 Å². The highest BCUT2D eigenvalue weighted by Gasteiger charge is 2.06. The fraction of sp³-hybridized carbons (Fsp3) is 0. The van der Waals surface area contributed by atoms with Gasteiger partial charge in [-0.2, -0.15) is 0 Å². The third-order valence-corrected chi connectivity index (χ3v) is 3.05. The van der Waals surface area contributed by atoms with Gasteiger partial charge in [0.2, 0.25) is 5.95 Å². The van der Waals surface area contributed by atoms with E-state index in [4.69, 9.17) is 0 Å². The average molecular weight is 307 g/mol. The summed E-state index contributed by atoms with van der Waals surface area (Å²) in [5, 5.41) is 16.8. The molecule has 3 aromatic rings. The van der Waals surface area contributed by atoms with Crippen molar-refractivity contribution in [3.05, 3.63) is 77.1 Å². The molecule has 0 spiro atoms. The Morgan fingerprint density at radius 1 is 0.783 bits per heavy atom. The molecule has 0 aliphatic heterocycles. The van der Waals surface area contributed by atoms with Crippen LogP contribution in [0.3, 0.4) is 0 Å². The van der Waals surface area contributed by atoms with E-state index in [0.717, 1.165) is 17.1 Å². The molecule has 0 radical (unpaired) electrons. The zero-order valence-electron chi connectivity index (χ0n) is 12.0. The fourth-order valence-corrected chi connectivity index (χ4v) is 1.93. The van der Waals surface area contributed by atoms with Crippen molar-refractivity contribution in [3.63, 3.8) is 0 Å². The maximum absolute atomic E-state index is 10.6. The summed E-state index contributed by atoms with van der Waals surface area (Å²) in [5.41, 5.74) is 2.61. The Hall–Kier alpha value is -3.48. The van der Waals surface area contributed by atoms with Gasteiger partial charge in [-0.15, -0.1) is 0 Å². The molecule has 1 heterocycles. The third-order valence-electron chi connectivity index (χ3n) is 3.05. The van der Waals surface area contributed by atoms with Gasteiger partial charge in [-0.05, 0) is 36.4 Å². The molecular weight excluding hydrogens is 294 g/mol. The number of anilines is 4. The summed E-state index contributed by atoms with van der Waals surface area (Å²) in [4.78, 5) is 17.8. The second-order valence-electron chi connectivity index (χ2n) is 4.72. The largest absolute Gasteiger partial charge is 0.356 e. The van der Waals surface area contributed by atoms with Crippen LogP contribution >= 0.6 is 0 Å². The SMILES string of the molecule is O=[N+]([O-])c1cnc(Nc2ccc(Nc3ccccc3)cc2)nc1. The molecule has 114 valence electrons. The molecule has 0 saturated carbocycles. The Bertz CT molecular complexity index is 789. The molecule has 2 N–H and O–H groups in total. The van der Waals surface area contributed by atoms with Gasteiger partial charge in [0.25, 0.3) is 0 Å². The van der Waals surface area contributed by atoms with Crippen LogP contribution in [0.1, 0.15) is 0 Å². The van der Waals surface area contributed by atoms with Gasteiger partial charge in [0, 0.05) is 17.1 Å². The maximum Gasteiger partial charge on any atom is 0.305 e. The third kappa shape index (κ3) is 3.79. The number of aromatic nitrogens is 2. The Labute approximate surface area is 132 Å². The molecule has 0 unspecified atom stereocenters. The van der Waals surface area contributed by atoms with Crippen LogP contribution in [0.15, 0.2) is 67.0 Å². The summed E-state index contributed by atoms with van der Waals surface area (Å²) >= 11 is 0. The van der Waals surface area contributed by atoms with Crippen molar-refractivity contribution in [2.45, 2.75) is 0 Å². The molecule has 0 aliphatic rings. The van der Waals surface area contributed by atoms with Gasteiger partial charge >= 0.3 is 5.69 Å². The molecule has 0 bridgehead atoms. The highest BCUT2D eigenvalue weighted by Crippen LogP contribution is 2.20. The predicted octanol–water partition coefficient (Wildman–Crippen LogP) is 3.87. The zero-order valence-corrected chi connectivity index (χ0v) is 12.0. The van der Waals surface area contributed by atoms with Crippen LogP contribution in [0.5, 0.6) is 0 Å². The van der Waals surface area contributed by atoms with Crippen LogP contribution in [-0.4, -0.2) is 14.9 Å². The first-order chi connectivity index (χ1) is 11.2. The predicted molar refractivity (Wildman–Crippen MR) is 88.1 cm³/mol. The minimum atomic E-state index is -0.534. The molecule has 0 amide bonds. The van der Waals surface area contributed by atoms with E-state index < -0.39 is 4.92 Å². The Kier molecular flexibility index (Phi) is 4.10. The lowest BCUT2D eigenvalue weighted by Gasteiger charge is -2.08. The number of hydrogen-bond donors (Lipinski definition) is 2. The highest BCUT2D eigenvalue weighted by atomic mass is 16.6. The lowest BCUT2D eigenvalue weighted by molar-refractivity contribution is -0.385. The van der Waals surface area contributed by atoms with E-state index in [0.29, 0.717) is 5.95 Å². The average Bonchev–Trinajstić information content (AvgIpc) is 2.58. The van der Waals surface area contributed by atoms with Crippen molar-refractivity contribution in [1.82, 2.24) is 9.97 Å². The summed E-state index contributed by atoms with van der Waals surface area (Å²) in [6.45, 7) is 0. The van der Waals surface area contributed by atoms with Crippen LogP contribution in [0.4, 0.5) is 28.7 Å². The molecule has 0 saturated heterocycles. The van der Waals surface area contributed by atoms with Crippen molar-refractivity contribution < 1.29 is 4.92 Å². The van der Waals surface area contributed by atoms with Gasteiger partial charge in [-0.1, -0.05) is 18.2 Å². The Balaban J connectivity index is 1.66. The van der Waals surface area contributed by atoms with Crippen LogP contribution < -0.4 is 10.6 Å². The minimum Gasteiger partial charge on any atom is -0.356 e. The number of benzene rings is 2. The molecule has 3 rings (SSSR count). The summed E-state index contributed by atoms with van der Waals surface area (Å²) in [6, 6.07) is 17.4. The fourth-order valence-electron chi connectivity index (χ4n) is 1.93.